The van der Waals surface area contributed by atoms with Gasteiger partial charge >= 0.3 is 0 Å². The second kappa shape index (κ2) is 3.62. The molecule has 0 amide bonds. The summed E-state index contributed by atoms with van der Waals surface area (Å²) in [7, 11) is 0. The van der Waals surface area contributed by atoms with Gasteiger partial charge in [-0.25, -0.2) is 0 Å². The highest BCUT2D eigenvalue weighted by atomic mass is 32.1. The first kappa shape index (κ1) is 6.75. The van der Waals surface area contributed by atoms with Crippen LogP contribution >= 0.6 is 11.3 Å². The number of alkyl halides is 1. The van der Waals surface area contributed by atoms with Crippen LogP contribution in [0.15, 0.2) is 16.8 Å². The Kier molecular flexibility index (Phi) is 2.71. The van der Waals surface area contributed by atoms with Crippen LogP contribution in [0.1, 0.15) is 12.0 Å². The van der Waals surface area contributed by atoms with Gasteiger partial charge in [0.1, 0.15) is 0 Å². The molecule has 0 saturated carbocycles. The lowest BCUT2D eigenvalue weighted by molar-refractivity contribution is 0.473. The maximum atomic E-state index is 11.6. The Balaban J connectivity index is 2.30. The molecule has 0 N–H and O–H groups in total. The standard InChI is InChI=1S/C7H9FS/c8-4-1-2-7-3-5-9-6-7/h3,5-6H,1-2,4H2. The van der Waals surface area contributed by atoms with Gasteiger partial charge in [0.05, 0.1) is 6.67 Å². The van der Waals surface area contributed by atoms with Crippen molar-refractivity contribution in [2.24, 2.45) is 0 Å². The molecule has 0 atom stereocenters. The van der Waals surface area contributed by atoms with E-state index in [9.17, 15) is 4.39 Å². The molecule has 0 saturated heterocycles. The van der Waals surface area contributed by atoms with Crippen molar-refractivity contribution in [1.82, 2.24) is 0 Å². The third kappa shape index (κ3) is 2.14. The van der Waals surface area contributed by atoms with Crippen molar-refractivity contribution >= 4 is 11.3 Å². The molecule has 0 spiro atoms. The molecule has 50 valence electrons. The van der Waals surface area contributed by atoms with Gasteiger partial charge in [-0.3, -0.25) is 4.39 Å². The van der Waals surface area contributed by atoms with Crippen molar-refractivity contribution < 1.29 is 4.39 Å². The van der Waals surface area contributed by atoms with Gasteiger partial charge < -0.3 is 0 Å². The van der Waals surface area contributed by atoms with E-state index in [1.54, 1.807) is 11.3 Å². The molecule has 0 fully saturated rings. The van der Waals surface area contributed by atoms with E-state index in [1.807, 2.05) is 11.4 Å². The van der Waals surface area contributed by atoms with E-state index in [0.29, 0.717) is 6.42 Å². The van der Waals surface area contributed by atoms with E-state index >= 15 is 0 Å². The molecule has 2 heteroatoms. The van der Waals surface area contributed by atoms with Crippen LogP contribution in [0.2, 0.25) is 0 Å². The van der Waals surface area contributed by atoms with E-state index < -0.39 is 0 Å². The summed E-state index contributed by atoms with van der Waals surface area (Å²) in [5, 5.41) is 4.09. The van der Waals surface area contributed by atoms with Gasteiger partial charge in [0.25, 0.3) is 0 Å². The Morgan fingerprint density at radius 2 is 2.44 bits per heavy atom. The molecule has 1 rings (SSSR count). The average Bonchev–Trinajstić information content (AvgIpc) is 2.34. The van der Waals surface area contributed by atoms with Gasteiger partial charge in [-0.2, -0.15) is 11.3 Å². The van der Waals surface area contributed by atoms with Gasteiger partial charge in [-0.05, 0) is 35.2 Å². The largest absolute Gasteiger partial charge is 0.251 e. The summed E-state index contributed by atoms with van der Waals surface area (Å²) in [5.41, 5.74) is 1.26. The van der Waals surface area contributed by atoms with Gasteiger partial charge in [-0.1, -0.05) is 0 Å². The van der Waals surface area contributed by atoms with Crippen LogP contribution in [-0.2, 0) is 6.42 Å². The van der Waals surface area contributed by atoms with E-state index in [1.165, 1.54) is 5.56 Å². The number of hydrogen-bond donors (Lipinski definition) is 0. The second-order valence-electron chi connectivity index (χ2n) is 1.92. The third-order valence-corrected chi connectivity index (χ3v) is 1.91. The fourth-order valence-electron chi connectivity index (χ4n) is 0.706. The normalized spacial score (nSPS) is 9.89. The van der Waals surface area contributed by atoms with Crippen molar-refractivity contribution in [1.29, 1.82) is 0 Å². The second-order valence-corrected chi connectivity index (χ2v) is 2.70. The Morgan fingerprint density at radius 3 is 3.00 bits per heavy atom. The molecule has 1 heterocycles. The topological polar surface area (TPSA) is 0 Å². The first-order valence-corrected chi connectivity index (χ1v) is 3.95. The van der Waals surface area contributed by atoms with Crippen LogP contribution in [0.3, 0.4) is 0 Å². The molecule has 0 nitrogen and oxygen atoms in total. The van der Waals surface area contributed by atoms with E-state index in [4.69, 9.17) is 0 Å². The minimum absolute atomic E-state index is 0.199. The number of hydrogen-bond acceptors (Lipinski definition) is 1. The predicted octanol–water partition coefficient (Wildman–Crippen LogP) is 2.65. The summed E-state index contributed by atoms with van der Waals surface area (Å²) in [5.74, 6) is 0. The monoisotopic (exact) mass is 144 g/mol. The molecule has 1 aromatic rings. The SMILES string of the molecule is FCCCc1ccsc1. The minimum Gasteiger partial charge on any atom is -0.251 e. The van der Waals surface area contributed by atoms with Crippen LogP contribution in [0.25, 0.3) is 0 Å². The zero-order valence-electron chi connectivity index (χ0n) is 5.14. The highest BCUT2D eigenvalue weighted by Gasteiger charge is 1.90. The number of aryl methyl sites for hydroxylation is 1. The molecule has 0 aromatic carbocycles. The molecule has 0 aliphatic rings. The Hall–Kier alpha value is -0.370. The minimum atomic E-state index is -0.199. The highest BCUT2D eigenvalue weighted by Crippen LogP contribution is 2.07. The van der Waals surface area contributed by atoms with Crippen molar-refractivity contribution in [2.75, 3.05) is 6.67 Å². The first-order chi connectivity index (χ1) is 4.43. The van der Waals surface area contributed by atoms with E-state index in [2.05, 4.69) is 5.38 Å². The summed E-state index contributed by atoms with van der Waals surface area (Å²) < 4.78 is 11.6. The van der Waals surface area contributed by atoms with Crippen molar-refractivity contribution in [3.63, 3.8) is 0 Å². The van der Waals surface area contributed by atoms with Crippen LogP contribution < -0.4 is 0 Å². The smallest absolute Gasteiger partial charge is 0.0897 e. The summed E-state index contributed by atoms with van der Waals surface area (Å²) >= 11 is 1.67. The van der Waals surface area contributed by atoms with E-state index in [-0.39, 0.29) is 6.67 Å². The molecule has 0 unspecified atom stereocenters. The van der Waals surface area contributed by atoms with Crippen molar-refractivity contribution in [3.05, 3.63) is 22.4 Å². The van der Waals surface area contributed by atoms with Crippen LogP contribution in [-0.4, -0.2) is 6.67 Å². The summed E-state index contributed by atoms with van der Waals surface area (Å²) in [6.07, 6.45) is 1.55. The van der Waals surface area contributed by atoms with E-state index in [0.717, 1.165) is 6.42 Å². The van der Waals surface area contributed by atoms with Crippen molar-refractivity contribution in [3.8, 4) is 0 Å². The predicted molar refractivity (Wildman–Crippen MR) is 38.6 cm³/mol. The fourth-order valence-corrected chi connectivity index (χ4v) is 1.41. The number of halogens is 1. The zero-order chi connectivity index (χ0) is 6.53. The van der Waals surface area contributed by atoms with Crippen LogP contribution in [0, 0.1) is 0 Å². The lowest BCUT2D eigenvalue weighted by Crippen LogP contribution is -1.81. The summed E-state index contributed by atoms with van der Waals surface area (Å²) in [6.45, 7) is -0.199. The quantitative estimate of drug-likeness (QED) is 0.611. The molecule has 0 radical (unpaired) electrons. The third-order valence-electron chi connectivity index (χ3n) is 1.18. The molecular formula is C7H9FS. The summed E-state index contributed by atoms with van der Waals surface area (Å²) in [6, 6.07) is 2.04. The average molecular weight is 144 g/mol. The Morgan fingerprint density at radius 1 is 1.56 bits per heavy atom. The summed E-state index contributed by atoms with van der Waals surface area (Å²) in [4.78, 5) is 0. The zero-order valence-corrected chi connectivity index (χ0v) is 5.96. The highest BCUT2D eigenvalue weighted by molar-refractivity contribution is 7.07. The fraction of sp³-hybridized carbons (Fsp3) is 0.429. The lowest BCUT2D eigenvalue weighted by atomic mass is 10.2. The number of rotatable bonds is 3. The molecule has 0 aliphatic heterocycles. The van der Waals surface area contributed by atoms with Gasteiger partial charge in [0.2, 0.25) is 0 Å². The lowest BCUT2D eigenvalue weighted by Gasteiger charge is -1.89. The first-order valence-electron chi connectivity index (χ1n) is 3.00. The van der Waals surface area contributed by atoms with Crippen molar-refractivity contribution in [2.45, 2.75) is 12.8 Å². The van der Waals surface area contributed by atoms with Gasteiger partial charge in [-0.15, -0.1) is 0 Å². The maximum absolute atomic E-state index is 11.6. The van der Waals surface area contributed by atoms with Crippen LogP contribution in [0.4, 0.5) is 4.39 Å². The van der Waals surface area contributed by atoms with Crippen LogP contribution in [0.5, 0.6) is 0 Å². The molecule has 9 heavy (non-hydrogen) atoms. The molecule has 0 bridgehead atoms. The molecule has 1 aromatic heterocycles. The Labute approximate surface area is 58.3 Å². The van der Waals surface area contributed by atoms with Gasteiger partial charge in [0.15, 0.2) is 0 Å². The Bertz CT molecular complexity index is 146. The maximum Gasteiger partial charge on any atom is 0.0897 e. The van der Waals surface area contributed by atoms with Gasteiger partial charge in [0, 0.05) is 0 Å². The molecular weight excluding hydrogens is 135 g/mol. The number of thiophene rings is 1. The molecule has 0 aliphatic carbocycles.